The minimum atomic E-state index is -1.03. The van der Waals surface area contributed by atoms with Gasteiger partial charge in [-0.25, -0.2) is 9.37 Å². The highest BCUT2D eigenvalue weighted by atomic mass is 32.1. The Hall–Kier alpha value is -2.58. The van der Waals surface area contributed by atoms with Crippen LogP contribution in [-0.4, -0.2) is 48.8 Å². The molecule has 0 saturated carbocycles. The van der Waals surface area contributed by atoms with Crippen LogP contribution in [0.2, 0.25) is 0 Å². The molecule has 1 unspecified atom stereocenters. The summed E-state index contributed by atoms with van der Waals surface area (Å²) >= 11 is 1.18. The smallest absolute Gasteiger partial charge is 0.239 e. The van der Waals surface area contributed by atoms with E-state index >= 15 is 0 Å². The zero-order chi connectivity index (χ0) is 21.3. The summed E-state index contributed by atoms with van der Waals surface area (Å²) in [5, 5.41) is 13.5. The summed E-state index contributed by atoms with van der Waals surface area (Å²) in [7, 11) is 3.97. The molecule has 0 fully saturated rings. The van der Waals surface area contributed by atoms with Crippen molar-refractivity contribution in [2.24, 2.45) is 0 Å². The molecule has 1 aliphatic heterocycles. The average molecular weight is 418 g/mol. The topological polar surface area (TPSA) is 77.8 Å². The lowest BCUT2D eigenvalue weighted by Gasteiger charge is -2.28. The van der Waals surface area contributed by atoms with Crippen LogP contribution >= 0.6 is 11.3 Å². The van der Waals surface area contributed by atoms with Crippen LogP contribution < -0.4 is 10.0 Å². The number of carbonyl (C=O) groups excluding carboxylic acids is 2. The van der Waals surface area contributed by atoms with Gasteiger partial charge in [0, 0.05) is 24.1 Å². The molecule has 1 aromatic heterocycles. The van der Waals surface area contributed by atoms with Crippen LogP contribution in [0.5, 0.6) is 0 Å². The molecule has 1 atom stereocenters. The first kappa shape index (κ1) is 21.1. The van der Waals surface area contributed by atoms with Crippen molar-refractivity contribution < 1.29 is 24.0 Å². The quantitative estimate of drug-likeness (QED) is 0.677. The van der Waals surface area contributed by atoms with Crippen LogP contribution in [0.4, 0.5) is 4.39 Å². The number of Topliss-reactive ketones (excluding diaryl/α,β-unsaturated/α-hetero) is 1. The van der Waals surface area contributed by atoms with E-state index in [1.807, 2.05) is 14.1 Å². The van der Waals surface area contributed by atoms with Gasteiger partial charge in [0.05, 0.1) is 42.3 Å². The highest BCUT2D eigenvalue weighted by Gasteiger charge is 2.41. The Labute approximate surface area is 173 Å². The predicted octanol–water partition coefficient (Wildman–Crippen LogP) is 0.814. The van der Waals surface area contributed by atoms with E-state index in [1.54, 1.807) is 19.9 Å². The van der Waals surface area contributed by atoms with Crippen molar-refractivity contribution >= 4 is 23.0 Å². The van der Waals surface area contributed by atoms with Crippen LogP contribution in [0.1, 0.15) is 38.4 Å². The van der Waals surface area contributed by atoms with Gasteiger partial charge in [0.15, 0.2) is 0 Å². The largest absolute Gasteiger partial charge is 0.868 e. The third-order valence-corrected chi connectivity index (χ3v) is 5.99. The third-order valence-electron chi connectivity index (χ3n) is 4.91. The summed E-state index contributed by atoms with van der Waals surface area (Å²) in [6, 6.07) is 4.94. The number of hydrogen-bond acceptors (Lipinski definition) is 5. The van der Waals surface area contributed by atoms with Gasteiger partial charge < -0.3 is 14.9 Å². The van der Waals surface area contributed by atoms with Crippen molar-refractivity contribution in [1.82, 2.24) is 9.88 Å². The normalized spacial score (nSPS) is 17.0. The number of thiazole rings is 1. The summed E-state index contributed by atoms with van der Waals surface area (Å²) in [6.45, 7) is 4.50. The summed E-state index contributed by atoms with van der Waals surface area (Å²) in [4.78, 5) is 33.1. The SMILES string of the molecule is Cc1nc(C)c(C(=O)C2=C([O-])C(=O)N(CCC[NH+](C)C)C2c2ccccc2F)s1. The summed E-state index contributed by atoms with van der Waals surface area (Å²) < 4.78 is 14.7. The Balaban J connectivity index is 2.06. The number of ketones is 1. The molecule has 8 heteroatoms. The Morgan fingerprint density at radius 2 is 2.00 bits per heavy atom. The predicted molar refractivity (Wildman–Crippen MR) is 106 cm³/mol. The maximum absolute atomic E-state index is 14.7. The fourth-order valence-corrected chi connectivity index (χ4v) is 4.46. The molecule has 6 nitrogen and oxygen atoms in total. The summed E-state index contributed by atoms with van der Waals surface area (Å²) in [5.41, 5.74) is 0.474. The molecule has 1 aliphatic rings. The first-order valence-electron chi connectivity index (χ1n) is 9.46. The molecule has 154 valence electrons. The van der Waals surface area contributed by atoms with Crippen LogP contribution in [0, 0.1) is 19.7 Å². The second-order valence-corrected chi connectivity index (χ2v) is 8.66. The summed E-state index contributed by atoms with van der Waals surface area (Å²) in [5.74, 6) is -2.70. The molecule has 0 saturated heterocycles. The number of quaternary nitrogens is 1. The van der Waals surface area contributed by atoms with E-state index < -0.39 is 29.3 Å². The van der Waals surface area contributed by atoms with Crippen LogP contribution in [-0.2, 0) is 4.79 Å². The Morgan fingerprint density at radius 1 is 1.31 bits per heavy atom. The lowest BCUT2D eigenvalue weighted by Crippen LogP contribution is -3.05. The number of nitrogens with one attached hydrogen (secondary N) is 1. The zero-order valence-corrected chi connectivity index (χ0v) is 17.7. The van der Waals surface area contributed by atoms with Crippen molar-refractivity contribution in [3.63, 3.8) is 0 Å². The van der Waals surface area contributed by atoms with E-state index in [0.717, 1.165) is 6.54 Å². The molecule has 1 N–H and O–H groups in total. The average Bonchev–Trinajstić information content (AvgIpc) is 3.12. The number of carbonyl (C=O) groups is 2. The molecular weight excluding hydrogens is 393 g/mol. The molecular formula is C21H24FN3O3S. The van der Waals surface area contributed by atoms with E-state index in [-0.39, 0.29) is 17.7 Å². The fraction of sp³-hybridized carbons (Fsp3) is 0.381. The maximum atomic E-state index is 14.7. The van der Waals surface area contributed by atoms with Crippen molar-refractivity contribution in [2.75, 3.05) is 27.2 Å². The van der Waals surface area contributed by atoms with E-state index in [2.05, 4.69) is 4.98 Å². The molecule has 2 aromatic rings. The lowest BCUT2D eigenvalue weighted by molar-refractivity contribution is -0.858. The summed E-state index contributed by atoms with van der Waals surface area (Å²) in [6.07, 6.45) is 0.631. The van der Waals surface area contributed by atoms with E-state index in [4.69, 9.17) is 0 Å². The monoisotopic (exact) mass is 417 g/mol. The second-order valence-electron chi connectivity index (χ2n) is 7.45. The number of halogens is 1. The van der Waals surface area contributed by atoms with Crippen molar-refractivity contribution in [2.45, 2.75) is 26.3 Å². The Morgan fingerprint density at radius 3 is 2.59 bits per heavy atom. The Bertz CT molecular complexity index is 983. The maximum Gasteiger partial charge on any atom is 0.239 e. The molecule has 0 spiro atoms. The molecule has 0 radical (unpaired) electrons. The van der Waals surface area contributed by atoms with Crippen LogP contribution in [0.3, 0.4) is 0 Å². The van der Waals surface area contributed by atoms with Gasteiger partial charge in [0.25, 0.3) is 0 Å². The minimum Gasteiger partial charge on any atom is -0.868 e. The van der Waals surface area contributed by atoms with E-state index in [1.165, 1.54) is 39.3 Å². The van der Waals surface area contributed by atoms with Gasteiger partial charge in [-0.1, -0.05) is 18.2 Å². The zero-order valence-electron chi connectivity index (χ0n) is 16.9. The number of aromatic nitrogens is 1. The lowest BCUT2D eigenvalue weighted by atomic mass is 9.94. The minimum absolute atomic E-state index is 0.158. The number of nitrogens with zero attached hydrogens (tertiary/aromatic N) is 2. The van der Waals surface area contributed by atoms with Gasteiger partial charge in [-0.15, -0.1) is 11.3 Å². The number of hydrogen-bond donors (Lipinski definition) is 1. The second kappa shape index (κ2) is 8.42. The highest BCUT2D eigenvalue weighted by Crippen LogP contribution is 2.40. The van der Waals surface area contributed by atoms with Gasteiger partial charge in [-0.2, -0.15) is 0 Å². The van der Waals surface area contributed by atoms with Gasteiger partial charge in [-0.3, -0.25) is 9.59 Å². The van der Waals surface area contributed by atoms with Crippen LogP contribution in [0.15, 0.2) is 35.6 Å². The standard InChI is InChI=1S/C21H24FN3O3S/c1-12-20(29-13(2)23-12)18(26)16-17(14-8-5-6-9-15(14)22)25(21(28)19(16)27)11-7-10-24(3)4/h5-6,8-9,17,27H,7,10-11H2,1-4H3. The molecule has 0 aliphatic carbocycles. The van der Waals surface area contributed by atoms with E-state index in [0.29, 0.717) is 22.0 Å². The Kier molecular flexibility index (Phi) is 6.14. The fourth-order valence-electron chi connectivity index (χ4n) is 3.59. The molecule has 29 heavy (non-hydrogen) atoms. The molecule has 2 heterocycles. The molecule has 3 rings (SSSR count). The number of rotatable bonds is 7. The van der Waals surface area contributed by atoms with Crippen molar-refractivity contribution in [1.29, 1.82) is 0 Å². The van der Waals surface area contributed by atoms with Gasteiger partial charge in [0.1, 0.15) is 5.82 Å². The van der Waals surface area contributed by atoms with Crippen LogP contribution in [0.25, 0.3) is 0 Å². The van der Waals surface area contributed by atoms with Crippen molar-refractivity contribution in [3.8, 4) is 0 Å². The molecule has 1 aromatic carbocycles. The molecule has 0 bridgehead atoms. The number of aryl methyl sites for hydroxylation is 2. The van der Waals surface area contributed by atoms with Gasteiger partial charge >= 0.3 is 0 Å². The number of benzene rings is 1. The molecule has 1 amide bonds. The van der Waals surface area contributed by atoms with E-state index in [9.17, 15) is 19.1 Å². The number of amides is 1. The first-order valence-corrected chi connectivity index (χ1v) is 10.3. The third kappa shape index (κ3) is 4.09. The first-order chi connectivity index (χ1) is 13.7. The highest BCUT2D eigenvalue weighted by molar-refractivity contribution is 7.14. The van der Waals surface area contributed by atoms with Gasteiger partial charge in [-0.05, 0) is 25.7 Å². The van der Waals surface area contributed by atoms with Gasteiger partial charge in [0.2, 0.25) is 11.7 Å². The van der Waals surface area contributed by atoms with Crippen molar-refractivity contribution in [3.05, 3.63) is 62.6 Å².